The number of hydrogen-bond acceptors (Lipinski definition) is 8. The summed E-state index contributed by atoms with van der Waals surface area (Å²) in [5.74, 6) is 2.03. The molecule has 0 N–H and O–H groups in total. The molecule has 0 saturated carbocycles. The van der Waals surface area contributed by atoms with Crippen LogP contribution in [-0.4, -0.2) is 74.6 Å². The number of amides is 1. The van der Waals surface area contributed by atoms with Crippen LogP contribution in [0.15, 0.2) is 41.6 Å². The molecule has 1 fully saturated rings. The van der Waals surface area contributed by atoms with Crippen LogP contribution in [-0.2, 0) is 11.3 Å². The van der Waals surface area contributed by atoms with Gasteiger partial charge < -0.3 is 14.4 Å². The second-order valence-electron chi connectivity index (χ2n) is 8.23. The Labute approximate surface area is 196 Å². The van der Waals surface area contributed by atoms with Gasteiger partial charge in [0.1, 0.15) is 0 Å². The summed E-state index contributed by atoms with van der Waals surface area (Å²) in [6, 6.07) is 12.1. The molecule has 3 heterocycles. The van der Waals surface area contributed by atoms with Crippen molar-refractivity contribution in [1.29, 1.82) is 0 Å². The molecule has 0 bridgehead atoms. The number of tetrazole rings is 1. The van der Waals surface area contributed by atoms with Crippen LogP contribution in [0.2, 0.25) is 0 Å². The van der Waals surface area contributed by atoms with E-state index in [1.807, 2.05) is 29.2 Å². The van der Waals surface area contributed by atoms with Crippen LogP contribution in [0, 0.1) is 13.8 Å². The van der Waals surface area contributed by atoms with Gasteiger partial charge in [-0.05, 0) is 59.2 Å². The molecule has 1 saturated heterocycles. The van der Waals surface area contributed by atoms with E-state index in [2.05, 4.69) is 46.4 Å². The van der Waals surface area contributed by atoms with Gasteiger partial charge in [0.25, 0.3) is 0 Å². The number of aromatic nitrogens is 4. The number of ether oxygens (including phenoxy) is 2. The van der Waals surface area contributed by atoms with E-state index in [4.69, 9.17) is 9.47 Å². The van der Waals surface area contributed by atoms with Crippen LogP contribution >= 0.6 is 11.8 Å². The molecule has 172 valence electrons. The molecule has 9 nitrogen and oxygen atoms in total. The average Bonchev–Trinajstić information content (AvgIpc) is 3.49. The fraction of sp³-hybridized carbons (Fsp3) is 0.391. The van der Waals surface area contributed by atoms with Gasteiger partial charge >= 0.3 is 0 Å². The summed E-state index contributed by atoms with van der Waals surface area (Å²) in [4.78, 5) is 17.1. The van der Waals surface area contributed by atoms with Gasteiger partial charge in [-0.2, -0.15) is 4.68 Å². The van der Waals surface area contributed by atoms with Gasteiger partial charge in [0.05, 0.1) is 11.4 Å². The number of rotatable bonds is 6. The van der Waals surface area contributed by atoms with Crippen LogP contribution in [0.4, 0.5) is 0 Å². The maximum atomic E-state index is 12.8. The number of aryl methyl sites for hydroxylation is 1. The normalized spacial score (nSPS) is 15.8. The predicted octanol–water partition coefficient (Wildman–Crippen LogP) is 2.44. The first-order chi connectivity index (χ1) is 16.1. The molecular weight excluding hydrogens is 440 g/mol. The number of carbonyl (C=O) groups is 1. The van der Waals surface area contributed by atoms with E-state index in [0.29, 0.717) is 24.0 Å². The topological polar surface area (TPSA) is 85.6 Å². The highest BCUT2D eigenvalue weighted by Gasteiger charge is 2.23. The SMILES string of the molecule is Cc1cccc(-n2nnnc2SCC(=O)N2CCN(Cc3ccc4c(c3)OCO4)CC2)c1C. The Balaban J connectivity index is 1.14. The summed E-state index contributed by atoms with van der Waals surface area (Å²) in [6.45, 7) is 8.33. The number of carbonyl (C=O) groups excluding carboxylic acids is 1. The van der Waals surface area contributed by atoms with Crippen molar-refractivity contribution < 1.29 is 14.3 Å². The zero-order valence-corrected chi connectivity index (χ0v) is 19.5. The van der Waals surface area contributed by atoms with Crippen molar-refractivity contribution in [3.05, 3.63) is 53.1 Å². The second kappa shape index (κ2) is 9.40. The molecule has 0 unspecified atom stereocenters. The fourth-order valence-corrected chi connectivity index (χ4v) is 4.84. The number of fused-ring (bicyclic) bond motifs is 1. The number of hydrogen-bond donors (Lipinski definition) is 0. The van der Waals surface area contributed by atoms with Crippen molar-refractivity contribution >= 4 is 17.7 Å². The number of piperazine rings is 1. The minimum Gasteiger partial charge on any atom is -0.454 e. The zero-order valence-electron chi connectivity index (χ0n) is 18.7. The van der Waals surface area contributed by atoms with Crippen molar-refractivity contribution in [1.82, 2.24) is 30.0 Å². The number of benzene rings is 2. The van der Waals surface area contributed by atoms with E-state index < -0.39 is 0 Å². The molecule has 2 aliphatic heterocycles. The third-order valence-corrected chi connectivity index (χ3v) is 7.04. The van der Waals surface area contributed by atoms with Crippen molar-refractivity contribution in [2.75, 3.05) is 38.7 Å². The van der Waals surface area contributed by atoms with Crippen molar-refractivity contribution in [3.8, 4) is 17.2 Å². The van der Waals surface area contributed by atoms with Gasteiger partial charge in [0.15, 0.2) is 11.5 Å². The van der Waals surface area contributed by atoms with Crippen LogP contribution in [0.25, 0.3) is 5.69 Å². The van der Waals surface area contributed by atoms with Gasteiger partial charge in [0, 0.05) is 32.7 Å². The van der Waals surface area contributed by atoms with Crippen molar-refractivity contribution in [2.45, 2.75) is 25.5 Å². The summed E-state index contributed by atoms with van der Waals surface area (Å²) in [5.41, 5.74) is 4.42. The van der Waals surface area contributed by atoms with Gasteiger partial charge in [-0.3, -0.25) is 9.69 Å². The molecule has 5 rings (SSSR count). The first-order valence-electron chi connectivity index (χ1n) is 10.9. The van der Waals surface area contributed by atoms with Crippen molar-refractivity contribution in [3.63, 3.8) is 0 Å². The highest BCUT2D eigenvalue weighted by atomic mass is 32.2. The molecule has 3 aromatic rings. The quantitative estimate of drug-likeness (QED) is 0.512. The first kappa shape index (κ1) is 21.7. The molecule has 0 aliphatic carbocycles. The molecule has 2 aliphatic rings. The summed E-state index contributed by atoms with van der Waals surface area (Å²) < 4.78 is 12.6. The lowest BCUT2D eigenvalue weighted by atomic mass is 10.1. The van der Waals surface area contributed by atoms with Gasteiger partial charge in [-0.1, -0.05) is 30.0 Å². The number of thioether (sulfide) groups is 1. The molecule has 0 atom stereocenters. The van der Waals surface area contributed by atoms with Crippen molar-refractivity contribution in [2.24, 2.45) is 0 Å². The van der Waals surface area contributed by atoms with E-state index in [1.54, 1.807) is 4.68 Å². The van der Waals surface area contributed by atoms with Crippen LogP contribution < -0.4 is 9.47 Å². The fourth-order valence-electron chi connectivity index (χ4n) is 4.06. The van der Waals surface area contributed by atoms with E-state index in [1.165, 1.54) is 22.9 Å². The molecule has 33 heavy (non-hydrogen) atoms. The maximum absolute atomic E-state index is 12.8. The predicted molar refractivity (Wildman–Crippen MR) is 124 cm³/mol. The maximum Gasteiger partial charge on any atom is 0.233 e. The van der Waals surface area contributed by atoms with Gasteiger partial charge in [-0.25, -0.2) is 0 Å². The Kier molecular flexibility index (Phi) is 6.19. The standard InChI is InChI=1S/C23H26N6O3S/c1-16-4-3-5-19(17(16)2)29-23(24-25-26-29)33-14-22(30)28-10-8-27(9-11-28)13-18-6-7-20-21(12-18)32-15-31-20/h3-7,12H,8-11,13-15H2,1-2H3. The van der Waals surface area contributed by atoms with Gasteiger partial charge in [-0.15, -0.1) is 5.10 Å². The minimum absolute atomic E-state index is 0.109. The van der Waals surface area contributed by atoms with Crippen LogP contribution in [0.1, 0.15) is 16.7 Å². The third-order valence-electron chi connectivity index (χ3n) is 6.14. The summed E-state index contributed by atoms with van der Waals surface area (Å²) in [5, 5.41) is 12.7. The Morgan fingerprint density at radius 3 is 2.73 bits per heavy atom. The monoisotopic (exact) mass is 466 g/mol. The summed E-state index contributed by atoms with van der Waals surface area (Å²) in [6.07, 6.45) is 0. The number of nitrogens with zero attached hydrogens (tertiary/aromatic N) is 6. The van der Waals surface area contributed by atoms with E-state index in [9.17, 15) is 4.79 Å². The van der Waals surface area contributed by atoms with Crippen LogP contribution in [0.5, 0.6) is 11.5 Å². The smallest absolute Gasteiger partial charge is 0.233 e. The summed E-state index contributed by atoms with van der Waals surface area (Å²) >= 11 is 1.38. The lowest BCUT2D eigenvalue weighted by Gasteiger charge is -2.34. The highest BCUT2D eigenvalue weighted by Crippen LogP contribution is 2.33. The second-order valence-corrected chi connectivity index (χ2v) is 9.17. The molecule has 10 heteroatoms. The first-order valence-corrected chi connectivity index (χ1v) is 11.9. The Morgan fingerprint density at radius 2 is 1.88 bits per heavy atom. The molecule has 1 aromatic heterocycles. The Hall–Kier alpha value is -3.11. The van der Waals surface area contributed by atoms with Gasteiger partial charge in [0.2, 0.25) is 17.9 Å². The molecule has 1 amide bonds. The van der Waals surface area contributed by atoms with E-state index in [-0.39, 0.29) is 12.7 Å². The zero-order chi connectivity index (χ0) is 22.8. The average molecular weight is 467 g/mol. The largest absolute Gasteiger partial charge is 0.454 e. The Bertz CT molecular complexity index is 1160. The highest BCUT2D eigenvalue weighted by molar-refractivity contribution is 7.99. The van der Waals surface area contributed by atoms with E-state index in [0.717, 1.165) is 42.4 Å². The molecular formula is C23H26N6O3S. The van der Waals surface area contributed by atoms with E-state index >= 15 is 0 Å². The molecule has 0 spiro atoms. The third kappa shape index (κ3) is 4.67. The van der Waals surface area contributed by atoms with Crippen LogP contribution in [0.3, 0.4) is 0 Å². The molecule has 0 radical (unpaired) electrons. The summed E-state index contributed by atoms with van der Waals surface area (Å²) in [7, 11) is 0. The lowest BCUT2D eigenvalue weighted by Crippen LogP contribution is -2.48. The minimum atomic E-state index is 0.109. The lowest BCUT2D eigenvalue weighted by molar-refractivity contribution is -0.130. The Morgan fingerprint density at radius 1 is 1.06 bits per heavy atom. The molecule has 2 aromatic carbocycles.